The zero-order valence-electron chi connectivity index (χ0n) is 11.7. The molecule has 108 valence electrons. The summed E-state index contributed by atoms with van der Waals surface area (Å²) < 4.78 is 5.29. The highest BCUT2D eigenvalue weighted by atomic mass is 35.5. The Kier molecular flexibility index (Phi) is 5.91. The number of benzene rings is 1. The van der Waals surface area contributed by atoms with Crippen molar-refractivity contribution in [2.24, 2.45) is 0 Å². The van der Waals surface area contributed by atoms with Gasteiger partial charge in [0.25, 0.3) is 0 Å². The van der Waals surface area contributed by atoms with Crippen molar-refractivity contribution in [3.63, 3.8) is 0 Å². The van der Waals surface area contributed by atoms with E-state index in [1.54, 1.807) is 13.2 Å². The lowest BCUT2D eigenvalue weighted by Crippen LogP contribution is -2.53. The van der Waals surface area contributed by atoms with Crippen molar-refractivity contribution in [1.29, 1.82) is 0 Å². The third kappa shape index (κ3) is 3.75. The first-order valence-corrected chi connectivity index (χ1v) is 6.44. The molecule has 1 heterocycles. The molecule has 1 aromatic rings. The summed E-state index contributed by atoms with van der Waals surface area (Å²) in [5.74, 6) is 0.807. The molecular weight excluding hydrogens is 264 g/mol. The summed E-state index contributed by atoms with van der Waals surface area (Å²) in [6, 6.07) is 6.53. The van der Waals surface area contributed by atoms with Crippen LogP contribution >= 0.6 is 12.4 Å². The summed E-state index contributed by atoms with van der Waals surface area (Å²) in [5, 5.41) is 13.2. The van der Waals surface area contributed by atoms with Gasteiger partial charge in [-0.05, 0) is 19.9 Å². The largest absolute Gasteiger partial charge is 0.504 e. The molecule has 19 heavy (non-hydrogen) atoms. The molecule has 5 heteroatoms. The molecule has 2 unspecified atom stereocenters. The van der Waals surface area contributed by atoms with E-state index in [9.17, 15) is 5.11 Å². The standard InChI is InChI=1S/C14H22N2O2.ClH/c1-10-8-16(11(2)7-15-10)9-12-5-4-6-13(17)14(12)18-3;/h4-6,10-11,15,17H,7-9H2,1-3H3;1H. The molecule has 0 spiro atoms. The summed E-state index contributed by atoms with van der Waals surface area (Å²) in [4.78, 5) is 2.42. The van der Waals surface area contributed by atoms with Crippen LogP contribution < -0.4 is 10.1 Å². The Hall–Kier alpha value is -0.970. The molecule has 4 nitrogen and oxygen atoms in total. The van der Waals surface area contributed by atoms with E-state index < -0.39 is 0 Å². The van der Waals surface area contributed by atoms with E-state index in [1.807, 2.05) is 12.1 Å². The van der Waals surface area contributed by atoms with Gasteiger partial charge in [0, 0.05) is 37.3 Å². The van der Waals surface area contributed by atoms with Crippen LogP contribution in [-0.2, 0) is 6.54 Å². The predicted octanol–water partition coefficient (Wildman–Crippen LogP) is 2.00. The van der Waals surface area contributed by atoms with Gasteiger partial charge in [0.2, 0.25) is 0 Å². The molecule has 0 bridgehead atoms. The number of phenols is 1. The Morgan fingerprint density at radius 2 is 2.16 bits per heavy atom. The number of methoxy groups -OCH3 is 1. The van der Waals surface area contributed by atoms with Gasteiger partial charge in [-0.25, -0.2) is 0 Å². The maximum Gasteiger partial charge on any atom is 0.164 e. The summed E-state index contributed by atoms with van der Waals surface area (Å²) in [6.45, 7) is 7.24. The van der Waals surface area contributed by atoms with Gasteiger partial charge >= 0.3 is 0 Å². The maximum absolute atomic E-state index is 9.78. The number of halogens is 1. The van der Waals surface area contributed by atoms with Gasteiger partial charge in [-0.1, -0.05) is 12.1 Å². The van der Waals surface area contributed by atoms with Gasteiger partial charge < -0.3 is 15.2 Å². The topological polar surface area (TPSA) is 44.7 Å². The van der Waals surface area contributed by atoms with Crippen molar-refractivity contribution >= 4 is 12.4 Å². The first kappa shape index (κ1) is 16.1. The van der Waals surface area contributed by atoms with Crippen molar-refractivity contribution in [3.05, 3.63) is 23.8 Å². The normalized spacial score (nSPS) is 23.7. The lowest BCUT2D eigenvalue weighted by atomic mass is 10.1. The minimum atomic E-state index is 0. The summed E-state index contributed by atoms with van der Waals surface area (Å²) in [6.07, 6.45) is 0. The van der Waals surface area contributed by atoms with Crippen LogP contribution in [0.4, 0.5) is 0 Å². The Balaban J connectivity index is 0.00000180. The number of rotatable bonds is 3. The fourth-order valence-corrected chi connectivity index (χ4v) is 2.47. The molecule has 1 aliphatic rings. The number of aromatic hydroxyl groups is 1. The first-order valence-electron chi connectivity index (χ1n) is 6.44. The third-order valence-corrected chi connectivity index (χ3v) is 3.55. The van der Waals surface area contributed by atoms with Crippen molar-refractivity contribution in [2.45, 2.75) is 32.5 Å². The summed E-state index contributed by atoms with van der Waals surface area (Å²) in [7, 11) is 1.60. The van der Waals surface area contributed by atoms with Crippen molar-refractivity contribution in [1.82, 2.24) is 10.2 Å². The molecule has 0 aromatic heterocycles. The van der Waals surface area contributed by atoms with E-state index in [4.69, 9.17) is 4.74 Å². The van der Waals surface area contributed by atoms with Crippen LogP contribution in [-0.4, -0.2) is 42.3 Å². The second-order valence-electron chi connectivity index (χ2n) is 5.06. The average molecular weight is 287 g/mol. The quantitative estimate of drug-likeness (QED) is 0.892. The van der Waals surface area contributed by atoms with E-state index in [0.29, 0.717) is 17.8 Å². The van der Waals surface area contributed by atoms with Crippen LogP contribution in [0.2, 0.25) is 0 Å². The Bertz CT molecular complexity index is 414. The summed E-state index contributed by atoms with van der Waals surface area (Å²) >= 11 is 0. The van der Waals surface area contributed by atoms with Gasteiger partial charge in [-0.15, -0.1) is 12.4 Å². The van der Waals surface area contributed by atoms with Gasteiger partial charge in [0.1, 0.15) is 0 Å². The lowest BCUT2D eigenvalue weighted by molar-refractivity contribution is 0.137. The molecular formula is C14H23ClN2O2. The van der Waals surface area contributed by atoms with Crippen LogP contribution in [0.1, 0.15) is 19.4 Å². The smallest absolute Gasteiger partial charge is 0.164 e. The highest BCUT2D eigenvalue weighted by molar-refractivity contribution is 5.85. The van der Waals surface area contributed by atoms with Crippen molar-refractivity contribution < 1.29 is 9.84 Å². The molecule has 2 rings (SSSR count). The van der Waals surface area contributed by atoms with Gasteiger partial charge in [0.05, 0.1) is 7.11 Å². The number of ether oxygens (including phenoxy) is 1. The molecule has 0 saturated carbocycles. The first-order chi connectivity index (χ1) is 8.61. The van der Waals surface area contributed by atoms with E-state index in [0.717, 1.165) is 25.2 Å². The number of nitrogens with zero attached hydrogens (tertiary/aromatic N) is 1. The molecule has 1 aromatic carbocycles. The average Bonchev–Trinajstić information content (AvgIpc) is 2.34. The van der Waals surface area contributed by atoms with Crippen LogP contribution in [0.5, 0.6) is 11.5 Å². The van der Waals surface area contributed by atoms with Crippen LogP contribution in [0.3, 0.4) is 0 Å². The van der Waals surface area contributed by atoms with Gasteiger partial charge in [-0.3, -0.25) is 4.90 Å². The highest BCUT2D eigenvalue weighted by Crippen LogP contribution is 2.31. The van der Waals surface area contributed by atoms with Crippen LogP contribution in [0, 0.1) is 0 Å². The molecule has 1 fully saturated rings. The maximum atomic E-state index is 9.78. The fourth-order valence-electron chi connectivity index (χ4n) is 2.47. The van der Waals surface area contributed by atoms with Gasteiger partial charge in [-0.2, -0.15) is 0 Å². The predicted molar refractivity (Wildman–Crippen MR) is 79.2 cm³/mol. The molecule has 1 aliphatic heterocycles. The highest BCUT2D eigenvalue weighted by Gasteiger charge is 2.23. The summed E-state index contributed by atoms with van der Waals surface area (Å²) in [5.41, 5.74) is 1.04. The SMILES string of the molecule is COc1c(O)cccc1CN1CC(C)NCC1C.Cl. The Morgan fingerprint density at radius 3 is 2.84 bits per heavy atom. The molecule has 0 radical (unpaired) electrons. The van der Waals surface area contributed by atoms with Crippen molar-refractivity contribution in [2.75, 3.05) is 20.2 Å². The number of hydrogen-bond donors (Lipinski definition) is 2. The Labute approximate surface area is 121 Å². The molecule has 0 aliphatic carbocycles. The number of piperazine rings is 1. The second kappa shape index (κ2) is 6.98. The second-order valence-corrected chi connectivity index (χ2v) is 5.06. The van der Waals surface area contributed by atoms with Crippen LogP contribution in [0.25, 0.3) is 0 Å². The molecule has 0 amide bonds. The lowest BCUT2D eigenvalue weighted by Gasteiger charge is -2.37. The fraction of sp³-hybridized carbons (Fsp3) is 0.571. The van der Waals surface area contributed by atoms with E-state index >= 15 is 0 Å². The van der Waals surface area contributed by atoms with E-state index in [-0.39, 0.29) is 18.2 Å². The molecule has 2 N–H and O–H groups in total. The Morgan fingerprint density at radius 1 is 1.42 bits per heavy atom. The zero-order valence-corrected chi connectivity index (χ0v) is 12.5. The van der Waals surface area contributed by atoms with Crippen molar-refractivity contribution in [3.8, 4) is 11.5 Å². The van der Waals surface area contributed by atoms with E-state index in [1.165, 1.54) is 0 Å². The minimum Gasteiger partial charge on any atom is -0.504 e. The number of para-hydroxylation sites is 1. The minimum absolute atomic E-state index is 0. The monoisotopic (exact) mass is 286 g/mol. The van der Waals surface area contributed by atoms with E-state index in [2.05, 4.69) is 24.1 Å². The molecule has 1 saturated heterocycles. The zero-order chi connectivity index (χ0) is 13.1. The number of phenolic OH excluding ortho intramolecular Hbond substituents is 1. The van der Waals surface area contributed by atoms with Gasteiger partial charge in [0.15, 0.2) is 11.5 Å². The third-order valence-electron chi connectivity index (χ3n) is 3.55. The molecule has 2 atom stereocenters. The number of nitrogens with one attached hydrogen (secondary N) is 1. The number of hydrogen-bond acceptors (Lipinski definition) is 4. The van der Waals surface area contributed by atoms with Crippen LogP contribution in [0.15, 0.2) is 18.2 Å².